The number of aryl methyl sites for hydroxylation is 1. The number of anilines is 2. The molecule has 7 rings (SSSR count). The van der Waals surface area contributed by atoms with Crippen LogP contribution >= 0.6 is 0 Å². The highest BCUT2D eigenvalue weighted by atomic mass is 15.2. The molecule has 4 aromatic heterocycles. The van der Waals surface area contributed by atoms with Crippen molar-refractivity contribution in [3.63, 3.8) is 0 Å². The summed E-state index contributed by atoms with van der Waals surface area (Å²) in [5.74, 6) is 2.02. The molecule has 5 heterocycles. The molecular weight excluding hydrogens is 608 g/mol. The van der Waals surface area contributed by atoms with Crippen LogP contribution in [-0.2, 0) is 6.54 Å². The van der Waals surface area contributed by atoms with Gasteiger partial charge in [-0.15, -0.1) is 0 Å². The van der Waals surface area contributed by atoms with Crippen LogP contribution < -0.4 is 11.1 Å². The quantitative estimate of drug-likeness (QED) is 0.177. The fourth-order valence-electron chi connectivity index (χ4n) is 5.82. The first-order chi connectivity index (χ1) is 24.0. The van der Waals surface area contributed by atoms with Crippen molar-refractivity contribution in [1.29, 1.82) is 5.26 Å². The van der Waals surface area contributed by atoms with E-state index in [1.807, 2.05) is 64.1 Å². The monoisotopic (exact) mass is 652 g/mol. The standard InChI is InChI=1S/C35H32N10.2C2H6/c1-23-4-8-25(9-5-23)29-12-13-30-35(41-29)45(34(42-30)28-3-2-17-39-33(28)37)27-10-6-24(7-11-27)22-44-19-15-26(16-20-44)40-31-14-18-38-32(21-36)43-31;2*1-2/h2-14,17-18,26H,15-16,19-20,22H2,1H3,(H2,37,39)(H,38,40,43);2*1-2H3. The van der Waals surface area contributed by atoms with Crippen molar-refractivity contribution >= 4 is 22.8 Å². The maximum atomic E-state index is 9.07. The van der Waals surface area contributed by atoms with Crippen LogP contribution in [0.2, 0.25) is 0 Å². The molecule has 250 valence electrons. The average Bonchev–Trinajstić information content (AvgIpc) is 3.53. The van der Waals surface area contributed by atoms with Crippen LogP contribution in [0, 0.1) is 18.3 Å². The van der Waals surface area contributed by atoms with Crippen LogP contribution in [0.5, 0.6) is 0 Å². The largest absolute Gasteiger partial charge is 0.383 e. The number of nitrogen functional groups attached to an aromatic ring is 1. The van der Waals surface area contributed by atoms with Crippen molar-refractivity contribution in [2.24, 2.45) is 0 Å². The third-order valence-electron chi connectivity index (χ3n) is 8.23. The Labute approximate surface area is 288 Å². The van der Waals surface area contributed by atoms with Gasteiger partial charge in [-0.3, -0.25) is 9.47 Å². The van der Waals surface area contributed by atoms with Crippen LogP contribution in [0.15, 0.2) is 91.3 Å². The Morgan fingerprint density at radius 3 is 2.27 bits per heavy atom. The lowest BCUT2D eigenvalue weighted by atomic mass is 10.0. The van der Waals surface area contributed by atoms with E-state index in [-0.39, 0.29) is 5.82 Å². The van der Waals surface area contributed by atoms with Crippen LogP contribution in [0.4, 0.5) is 11.6 Å². The molecule has 49 heavy (non-hydrogen) atoms. The van der Waals surface area contributed by atoms with Gasteiger partial charge in [0.25, 0.3) is 0 Å². The van der Waals surface area contributed by atoms with E-state index < -0.39 is 0 Å². The molecule has 0 bridgehead atoms. The molecule has 0 saturated carbocycles. The van der Waals surface area contributed by atoms with Gasteiger partial charge in [0, 0.05) is 49.3 Å². The minimum Gasteiger partial charge on any atom is -0.383 e. The number of nitrogens with one attached hydrogen (secondary N) is 1. The second kappa shape index (κ2) is 16.4. The van der Waals surface area contributed by atoms with Crippen molar-refractivity contribution in [3.05, 3.63) is 108 Å². The zero-order valence-electron chi connectivity index (χ0n) is 28.9. The van der Waals surface area contributed by atoms with E-state index >= 15 is 0 Å². The third kappa shape index (κ3) is 8.08. The molecule has 3 N–H and O–H groups in total. The van der Waals surface area contributed by atoms with Crippen LogP contribution in [0.3, 0.4) is 0 Å². The van der Waals surface area contributed by atoms with E-state index in [4.69, 9.17) is 21.0 Å². The van der Waals surface area contributed by atoms with Crippen molar-refractivity contribution in [3.8, 4) is 34.4 Å². The molecule has 0 aliphatic carbocycles. The summed E-state index contributed by atoms with van der Waals surface area (Å²) >= 11 is 0. The van der Waals surface area contributed by atoms with Crippen LogP contribution in [-0.4, -0.2) is 53.5 Å². The minimum atomic E-state index is 0.183. The number of imidazole rings is 1. The predicted octanol–water partition coefficient (Wildman–Crippen LogP) is 7.83. The van der Waals surface area contributed by atoms with E-state index in [2.05, 4.69) is 85.2 Å². The van der Waals surface area contributed by atoms with Gasteiger partial charge < -0.3 is 11.1 Å². The number of nitriles is 1. The Kier molecular flexibility index (Phi) is 11.6. The number of nitrogens with zero attached hydrogens (tertiary/aromatic N) is 8. The fraction of sp³-hybridized carbons (Fsp3) is 0.282. The number of benzene rings is 2. The van der Waals surface area contributed by atoms with E-state index in [0.29, 0.717) is 23.5 Å². The molecule has 0 spiro atoms. The van der Waals surface area contributed by atoms with Gasteiger partial charge in [-0.05, 0) is 67.8 Å². The molecule has 10 heteroatoms. The van der Waals surface area contributed by atoms with Crippen LogP contribution in [0.25, 0.3) is 39.5 Å². The van der Waals surface area contributed by atoms with Crippen molar-refractivity contribution in [1.82, 2.24) is 34.4 Å². The Morgan fingerprint density at radius 1 is 0.837 bits per heavy atom. The number of likely N-dealkylation sites (tertiary alicyclic amines) is 1. The van der Waals surface area contributed by atoms with Gasteiger partial charge >= 0.3 is 0 Å². The highest BCUT2D eigenvalue weighted by Crippen LogP contribution is 2.32. The maximum absolute atomic E-state index is 9.07. The normalized spacial score (nSPS) is 13.1. The summed E-state index contributed by atoms with van der Waals surface area (Å²) < 4.78 is 2.08. The summed E-state index contributed by atoms with van der Waals surface area (Å²) in [5.41, 5.74) is 14.0. The van der Waals surface area contributed by atoms with Gasteiger partial charge in [0.1, 0.15) is 23.2 Å². The first-order valence-electron chi connectivity index (χ1n) is 17.0. The number of pyridine rings is 2. The first kappa shape index (κ1) is 34.7. The second-order valence-electron chi connectivity index (χ2n) is 11.4. The minimum absolute atomic E-state index is 0.183. The molecule has 0 unspecified atom stereocenters. The molecule has 0 radical (unpaired) electrons. The SMILES string of the molecule is CC.CC.Cc1ccc(-c2ccc3nc(-c4cccnc4N)n(-c4ccc(CN5CCC(Nc6ccnc(C#N)n6)CC5)cc4)c3n2)cc1. The third-order valence-corrected chi connectivity index (χ3v) is 8.23. The number of nitrogens with two attached hydrogens (primary N) is 1. The summed E-state index contributed by atoms with van der Waals surface area (Å²) in [7, 11) is 0. The van der Waals surface area contributed by atoms with E-state index in [0.717, 1.165) is 66.1 Å². The Hall–Kier alpha value is -5.66. The summed E-state index contributed by atoms with van der Waals surface area (Å²) in [6.07, 6.45) is 5.30. The van der Waals surface area contributed by atoms with Crippen molar-refractivity contribution in [2.45, 2.75) is 60.0 Å². The Morgan fingerprint density at radius 2 is 1.57 bits per heavy atom. The van der Waals surface area contributed by atoms with Gasteiger partial charge in [-0.25, -0.2) is 24.9 Å². The lowest BCUT2D eigenvalue weighted by molar-refractivity contribution is 0.211. The number of hydrogen-bond acceptors (Lipinski definition) is 9. The molecule has 6 aromatic rings. The predicted molar refractivity (Wildman–Crippen MR) is 198 cm³/mol. The topological polar surface area (TPSA) is 134 Å². The van der Waals surface area contributed by atoms with Gasteiger partial charge in [0.05, 0.1) is 11.3 Å². The molecule has 1 aliphatic rings. The number of aromatic nitrogens is 6. The van der Waals surface area contributed by atoms with Gasteiger partial charge in [0.2, 0.25) is 5.82 Å². The summed E-state index contributed by atoms with van der Waals surface area (Å²) in [5, 5.41) is 12.5. The Balaban J connectivity index is 0.00000113. The summed E-state index contributed by atoms with van der Waals surface area (Å²) in [6.45, 7) is 12.9. The summed E-state index contributed by atoms with van der Waals surface area (Å²) in [4.78, 5) is 25.1. The highest BCUT2D eigenvalue weighted by molar-refractivity contribution is 5.84. The van der Waals surface area contributed by atoms with Gasteiger partial charge in [-0.1, -0.05) is 69.7 Å². The van der Waals surface area contributed by atoms with Crippen LogP contribution in [0.1, 0.15) is 57.5 Å². The van der Waals surface area contributed by atoms with Crippen molar-refractivity contribution < 1.29 is 0 Å². The molecule has 0 atom stereocenters. The molecule has 1 saturated heterocycles. The lowest BCUT2D eigenvalue weighted by Crippen LogP contribution is -2.38. The van der Waals surface area contributed by atoms with Gasteiger partial charge in [0.15, 0.2) is 11.5 Å². The number of piperidine rings is 1. The van der Waals surface area contributed by atoms with Crippen molar-refractivity contribution in [2.75, 3.05) is 24.1 Å². The first-order valence-corrected chi connectivity index (χ1v) is 17.0. The number of hydrogen-bond donors (Lipinski definition) is 2. The Bertz CT molecular complexity index is 2000. The smallest absolute Gasteiger partial charge is 0.234 e. The zero-order valence-corrected chi connectivity index (χ0v) is 28.9. The molecule has 1 fully saturated rings. The van der Waals surface area contributed by atoms with E-state index in [1.165, 1.54) is 11.1 Å². The molecular formula is C39H44N10. The fourth-order valence-corrected chi connectivity index (χ4v) is 5.82. The molecule has 10 nitrogen and oxygen atoms in total. The van der Waals surface area contributed by atoms with Gasteiger partial charge in [-0.2, -0.15) is 5.26 Å². The number of fused-ring (bicyclic) bond motifs is 1. The highest BCUT2D eigenvalue weighted by Gasteiger charge is 2.21. The molecule has 2 aromatic carbocycles. The number of rotatable bonds is 7. The van der Waals surface area contributed by atoms with E-state index in [9.17, 15) is 0 Å². The summed E-state index contributed by atoms with van der Waals surface area (Å²) in [6, 6.07) is 29.0. The van der Waals surface area contributed by atoms with E-state index in [1.54, 1.807) is 12.4 Å². The average molecular weight is 653 g/mol. The molecule has 0 amide bonds. The maximum Gasteiger partial charge on any atom is 0.234 e. The zero-order chi connectivity index (χ0) is 34.8. The lowest BCUT2D eigenvalue weighted by Gasteiger charge is -2.32. The molecule has 1 aliphatic heterocycles. The second-order valence-corrected chi connectivity index (χ2v) is 11.4.